The highest BCUT2D eigenvalue weighted by molar-refractivity contribution is 7.80. The second-order valence-corrected chi connectivity index (χ2v) is 4.62. The predicted molar refractivity (Wildman–Crippen MR) is 71.9 cm³/mol. The van der Waals surface area contributed by atoms with Gasteiger partial charge in [-0.15, -0.1) is 0 Å². The van der Waals surface area contributed by atoms with Crippen LogP contribution >= 0.6 is 12.2 Å². The number of nitrogens with one attached hydrogen (secondary N) is 1. The van der Waals surface area contributed by atoms with Gasteiger partial charge in [-0.3, -0.25) is 4.79 Å². The first kappa shape index (κ1) is 12.8. The second kappa shape index (κ2) is 5.30. The lowest BCUT2D eigenvalue weighted by molar-refractivity contribution is 0.0788. The van der Waals surface area contributed by atoms with Gasteiger partial charge < -0.3 is 16.0 Å². The number of benzene rings is 1. The van der Waals surface area contributed by atoms with Gasteiger partial charge in [-0.05, 0) is 43.3 Å². The number of amides is 1. The molecular weight excluding hydrogens is 253 g/mol. The van der Waals surface area contributed by atoms with E-state index >= 15 is 0 Å². The number of anilines is 1. The van der Waals surface area contributed by atoms with Crippen molar-refractivity contribution in [2.24, 2.45) is 5.73 Å². The van der Waals surface area contributed by atoms with E-state index in [9.17, 15) is 9.18 Å². The van der Waals surface area contributed by atoms with Crippen molar-refractivity contribution in [1.82, 2.24) is 4.90 Å². The first-order valence-electron chi connectivity index (χ1n) is 5.73. The molecule has 18 heavy (non-hydrogen) atoms. The van der Waals surface area contributed by atoms with Crippen LogP contribution in [-0.4, -0.2) is 29.0 Å². The highest BCUT2D eigenvalue weighted by Gasteiger charge is 2.22. The molecule has 0 aliphatic carbocycles. The molecule has 0 spiro atoms. The van der Waals surface area contributed by atoms with E-state index in [1.54, 1.807) is 11.0 Å². The van der Waals surface area contributed by atoms with Gasteiger partial charge in [0.2, 0.25) is 0 Å². The summed E-state index contributed by atoms with van der Waals surface area (Å²) in [6, 6.07) is 4.27. The number of nitrogens with two attached hydrogens (primary N) is 1. The Labute approximate surface area is 110 Å². The van der Waals surface area contributed by atoms with Gasteiger partial charge in [0, 0.05) is 18.8 Å². The molecule has 4 nitrogen and oxygen atoms in total. The van der Waals surface area contributed by atoms with Crippen molar-refractivity contribution in [1.29, 1.82) is 0 Å². The fourth-order valence-corrected chi connectivity index (χ4v) is 2.12. The number of hydrogen-bond acceptors (Lipinski definition) is 2. The van der Waals surface area contributed by atoms with Gasteiger partial charge in [-0.25, -0.2) is 4.39 Å². The van der Waals surface area contributed by atoms with Crippen LogP contribution in [0.5, 0.6) is 0 Å². The van der Waals surface area contributed by atoms with Gasteiger partial charge in [0.1, 0.15) is 5.82 Å². The third-order valence-electron chi connectivity index (χ3n) is 2.86. The number of nitrogens with zero attached hydrogens (tertiary/aromatic N) is 1. The molecule has 1 heterocycles. The van der Waals surface area contributed by atoms with E-state index < -0.39 is 5.82 Å². The molecule has 0 saturated carbocycles. The molecule has 6 heteroatoms. The molecule has 0 aromatic heterocycles. The Bertz CT molecular complexity index is 486. The lowest BCUT2D eigenvalue weighted by Crippen LogP contribution is -2.28. The van der Waals surface area contributed by atoms with E-state index in [4.69, 9.17) is 5.73 Å². The highest BCUT2D eigenvalue weighted by Crippen LogP contribution is 2.18. The average Bonchev–Trinajstić information content (AvgIpc) is 2.80. The number of carbonyl (C=O) groups excluding carboxylic acids is 1. The molecule has 1 amide bonds. The molecule has 1 fully saturated rings. The smallest absolute Gasteiger partial charge is 0.256 e. The van der Waals surface area contributed by atoms with Crippen molar-refractivity contribution < 1.29 is 9.18 Å². The molecule has 0 bridgehead atoms. The number of halogens is 1. The maximum Gasteiger partial charge on any atom is 0.256 e. The number of carbonyl (C=O) groups is 1. The topological polar surface area (TPSA) is 58.4 Å². The summed E-state index contributed by atoms with van der Waals surface area (Å²) in [7, 11) is 0. The van der Waals surface area contributed by atoms with Gasteiger partial charge in [-0.2, -0.15) is 0 Å². The quantitative estimate of drug-likeness (QED) is 0.801. The van der Waals surface area contributed by atoms with Crippen LogP contribution in [0.1, 0.15) is 23.2 Å². The zero-order valence-corrected chi connectivity index (χ0v) is 10.6. The third-order valence-corrected chi connectivity index (χ3v) is 2.96. The number of likely N-dealkylation sites (tertiary alicyclic amines) is 1. The Balaban J connectivity index is 2.18. The average molecular weight is 267 g/mol. The van der Waals surface area contributed by atoms with Crippen molar-refractivity contribution in [2.75, 3.05) is 18.4 Å². The Morgan fingerprint density at radius 1 is 1.39 bits per heavy atom. The van der Waals surface area contributed by atoms with Crippen molar-refractivity contribution in [3.63, 3.8) is 0 Å². The van der Waals surface area contributed by atoms with E-state index in [1.165, 1.54) is 12.1 Å². The van der Waals surface area contributed by atoms with Crippen molar-refractivity contribution in [3.05, 3.63) is 29.6 Å². The van der Waals surface area contributed by atoms with Crippen molar-refractivity contribution in [3.8, 4) is 0 Å². The summed E-state index contributed by atoms with van der Waals surface area (Å²) in [5.74, 6) is -0.819. The molecule has 0 atom stereocenters. The predicted octanol–water partition coefficient (Wildman–Crippen LogP) is 1.72. The first-order chi connectivity index (χ1) is 8.58. The SMILES string of the molecule is NC(=S)Nc1ccc(C(=O)N2CCCC2)c(F)c1. The number of hydrogen-bond donors (Lipinski definition) is 2. The molecule has 96 valence electrons. The number of rotatable bonds is 2. The molecule has 0 unspecified atom stereocenters. The summed E-state index contributed by atoms with van der Waals surface area (Å²) in [5.41, 5.74) is 5.83. The lowest BCUT2D eigenvalue weighted by atomic mass is 10.1. The number of thiocarbonyl (C=S) groups is 1. The van der Waals surface area contributed by atoms with Crippen LogP contribution in [0, 0.1) is 5.82 Å². The normalized spacial score (nSPS) is 14.6. The second-order valence-electron chi connectivity index (χ2n) is 4.18. The Morgan fingerprint density at radius 2 is 2.06 bits per heavy atom. The lowest BCUT2D eigenvalue weighted by Gasteiger charge is -2.16. The van der Waals surface area contributed by atoms with E-state index in [0.717, 1.165) is 12.8 Å². The maximum atomic E-state index is 13.8. The summed E-state index contributed by atoms with van der Waals surface area (Å²) < 4.78 is 13.8. The monoisotopic (exact) mass is 267 g/mol. The van der Waals surface area contributed by atoms with Crippen LogP contribution in [0.3, 0.4) is 0 Å². The minimum atomic E-state index is -0.562. The minimum Gasteiger partial charge on any atom is -0.376 e. The van der Waals surface area contributed by atoms with Gasteiger partial charge in [0.05, 0.1) is 5.56 Å². The van der Waals surface area contributed by atoms with Crippen molar-refractivity contribution >= 4 is 28.9 Å². The van der Waals surface area contributed by atoms with Gasteiger partial charge >= 0.3 is 0 Å². The minimum absolute atomic E-state index is 0.0630. The van der Waals surface area contributed by atoms with Gasteiger partial charge in [0.15, 0.2) is 5.11 Å². The van der Waals surface area contributed by atoms with Gasteiger partial charge in [0.25, 0.3) is 5.91 Å². The van der Waals surface area contributed by atoms with Gasteiger partial charge in [-0.1, -0.05) is 0 Å². The summed E-state index contributed by atoms with van der Waals surface area (Å²) in [6.07, 6.45) is 1.96. The molecule has 2 rings (SSSR count). The van der Waals surface area contributed by atoms with E-state index in [1.807, 2.05) is 0 Å². The fraction of sp³-hybridized carbons (Fsp3) is 0.333. The van der Waals surface area contributed by atoms with E-state index in [2.05, 4.69) is 17.5 Å². The van der Waals surface area contributed by atoms with Crippen LogP contribution < -0.4 is 11.1 Å². The zero-order chi connectivity index (χ0) is 13.1. The largest absolute Gasteiger partial charge is 0.376 e. The molecule has 1 aliphatic rings. The summed E-state index contributed by atoms with van der Waals surface area (Å²) >= 11 is 4.66. The Morgan fingerprint density at radius 3 is 2.61 bits per heavy atom. The molecule has 1 aromatic rings. The molecule has 0 radical (unpaired) electrons. The molecule has 1 aromatic carbocycles. The molecular formula is C12H14FN3OS. The standard InChI is InChI=1S/C12H14FN3OS/c13-10-7-8(15-12(14)18)3-4-9(10)11(17)16-5-1-2-6-16/h3-4,7H,1-2,5-6H2,(H3,14,15,18). The van der Waals surface area contributed by atoms with Crippen molar-refractivity contribution in [2.45, 2.75) is 12.8 Å². The summed E-state index contributed by atoms with van der Waals surface area (Å²) in [6.45, 7) is 1.40. The molecule has 1 aliphatic heterocycles. The van der Waals surface area contributed by atoms with Crippen LogP contribution in [0.15, 0.2) is 18.2 Å². The van der Waals surface area contributed by atoms with Crippen LogP contribution in [0.4, 0.5) is 10.1 Å². The zero-order valence-electron chi connectivity index (χ0n) is 9.78. The molecule has 3 N–H and O–H groups in total. The van der Waals surface area contributed by atoms with E-state index in [-0.39, 0.29) is 16.6 Å². The highest BCUT2D eigenvalue weighted by atomic mass is 32.1. The van der Waals surface area contributed by atoms with Crippen LogP contribution in [-0.2, 0) is 0 Å². The Kier molecular flexibility index (Phi) is 3.76. The van der Waals surface area contributed by atoms with Crippen LogP contribution in [0.2, 0.25) is 0 Å². The van der Waals surface area contributed by atoms with Crippen LogP contribution in [0.25, 0.3) is 0 Å². The summed E-state index contributed by atoms with van der Waals surface area (Å²) in [4.78, 5) is 13.7. The maximum absolute atomic E-state index is 13.8. The first-order valence-corrected chi connectivity index (χ1v) is 6.14. The Hall–Kier alpha value is -1.69. The third kappa shape index (κ3) is 2.76. The fourth-order valence-electron chi connectivity index (χ4n) is 2.00. The van der Waals surface area contributed by atoms with E-state index in [0.29, 0.717) is 18.8 Å². The molecule has 1 saturated heterocycles. The summed E-state index contributed by atoms with van der Waals surface area (Å²) in [5, 5.41) is 2.69.